The molecule has 0 heterocycles. The van der Waals surface area contributed by atoms with E-state index in [1.165, 1.54) is 4.90 Å². The van der Waals surface area contributed by atoms with Crippen molar-refractivity contribution in [2.75, 3.05) is 19.7 Å². The second-order valence-corrected chi connectivity index (χ2v) is 2.12. The standard InChI is InChI=1S/C7H13NO4.Na.H/c1-3-8(4-2)7(11)12-5-6(9)10;;/h3-5H2,1-2H3,(H,9,10);;. The van der Waals surface area contributed by atoms with Gasteiger partial charge in [-0.05, 0) is 13.8 Å². The normalized spacial score (nSPS) is 8.46. The Morgan fingerprint density at radius 1 is 1.31 bits per heavy atom. The van der Waals surface area contributed by atoms with Gasteiger partial charge in [0.1, 0.15) is 0 Å². The van der Waals surface area contributed by atoms with E-state index in [-0.39, 0.29) is 29.6 Å². The van der Waals surface area contributed by atoms with Crippen LogP contribution in [0.25, 0.3) is 0 Å². The van der Waals surface area contributed by atoms with Gasteiger partial charge in [0.15, 0.2) is 6.61 Å². The third-order valence-electron chi connectivity index (χ3n) is 1.34. The number of hydrogen-bond acceptors (Lipinski definition) is 3. The molecule has 0 unspecified atom stereocenters. The van der Waals surface area contributed by atoms with Gasteiger partial charge in [-0.3, -0.25) is 0 Å². The van der Waals surface area contributed by atoms with Crippen molar-refractivity contribution < 1.29 is 19.4 Å². The summed E-state index contributed by atoms with van der Waals surface area (Å²) in [5.41, 5.74) is 0. The Morgan fingerprint density at radius 2 is 1.77 bits per heavy atom. The number of carbonyl (C=O) groups excluding carboxylic acids is 1. The molecule has 6 heteroatoms. The Hall–Kier alpha value is -0.260. The van der Waals surface area contributed by atoms with E-state index >= 15 is 0 Å². The molecule has 0 radical (unpaired) electrons. The molecule has 0 aromatic rings. The molecule has 0 atom stereocenters. The minimum absolute atomic E-state index is 0. The van der Waals surface area contributed by atoms with Gasteiger partial charge >= 0.3 is 41.6 Å². The Morgan fingerprint density at radius 3 is 2.08 bits per heavy atom. The van der Waals surface area contributed by atoms with E-state index in [0.717, 1.165) is 0 Å². The molecule has 0 aliphatic heterocycles. The molecule has 0 rings (SSSR count). The molecule has 0 fully saturated rings. The van der Waals surface area contributed by atoms with Crippen LogP contribution >= 0.6 is 0 Å². The molecule has 0 aromatic heterocycles. The Balaban J connectivity index is 0. The fourth-order valence-corrected chi connectivity index (χ4v) is 0.697. The van der Waals surface area contributed by atoms with E-state index in [9.17, 15) is 9.59 Å². The van der Waals surface area contributed by atoms with E-state index in [0.29, 0.717) is 13.1 Å². The molecule has 1 N–H and O–H groups in total. The third-order valence-corrected chi connectivity index (χ3v) is 1.34. The number of carboxylic acid groups (broad SMARTS) is 1. The second-order valence-electron chi connectivity index (χ2n) is 2.12. The summed E-state index contributed by atoms with van der Waals surface area (Å²) in [4.78, 5) is 22.4. The van der Waals surface area contributed by atoms with Crippen molar-refractivity contribution in [1.29, 1.82) is 0 Å². The van der Waals surface area contributed by atoms with Crippen LogP contribution < -0.4 is 0 Å². The van der Waals surface area contributed by atoms with Crippen molar-refractivity contribution in [3.8, 4) is 0 Å². The van der Waals surface area contributed by atoms with Crippen molar-refractivity contribution in [3.63, 3.8) is 0 Å². The van der Waals surface area contributed by atoms with Gasteiger partial charge in [0.2, 0.25) is 0 Å². The monoisotopic (exact) mass is 199 g/mol. The SMILES string of the molecule is CCN(CC)C(=O)OCC(=O)O.[NaH]. The van der Waals surface area contributed by atoms with Crippen molar-refractivity contribution >= 4 is 41.6 Å². The number of carboxylic acids is 1. The third kappa shape index (κ3) is 6.86. The van der Waals surface area contributed by atoms with Gasteiger partial charge in [0, 0.05) is 13.1 Å². The van der Waals surface area contributed by atoms with Crippen LogP contribution in [-0.2, 0) is 9.53 Å². The molecule has 5 nitrogen and oxygen atoms in total. The van der Waals surface area contributed by atoms with E-state index in [1.54, 1.807) is 13.8 Å². The Kier molecular flexibility index (Phi) is 9.77. The van der Waals surface area contributed by atoms with Crippen LogP contribution in [0.4, 0.5) is 4.79 Å². The Labute approximate surface area is 99.3 Å². The summed E-state index contributed by atoms with van der Waals surface area (Å²) < 4.78 is 4.43. The zero-order chi connectivity index (χ0) is 9.56. The van der Waals surface area contributed by atoms with E-state index < -0.39 is 18.7 Å². The van der Waals surface area contributed by atoms with Crippen molar-refractivity contribution in [3.05, 3.63) is 0 Å². The number of carbonyl (C=O) groups is 2. The molecule has 0 aromatic carbocycles. The van der Waals surface area contributed by atoms with Crippen LogP contribution in [0.1, 0.15) is 13.8 Å². The fraction of sp³-hybridized carbons (Fsp3) is 0.714. The number of nitrogens with zero attached hydrogens (tertiary/aromatic N) is 1. The number of rotatable bonds is 4. The summed E-state index contributed by atoms with van der Waals surface area (Å²) in [6.45, 7) is 4.07. The van der Waals surface area contributed by atoms with Crippen LogP contribution in [0.3, 0.4) is 0 Å². The van der Waals surface area contributed by atoms with Gasteiger partial charge in [-0.1, -0.05) is 0 Å². The van der Waals surface area contributed by atoms with Gasteiger partial charge in [0.25, 0.3) is 0 Å². The molecular formula is C7H14NNaO4. The summed E-state index contributed by atoms with van der Waals surface area (Å²) >= 11 is 0. The van der Waals surface area contributed by atoms with Gasteiger partial charge in [0.05, 0.1) is 0 Å². The number of hydrogen-bond donors (Lipinski definition) is 1. The van der Waals surface area contributed by atoms with Crippen molar-refractivity contribution in [1.82, 2.24) is 4.90 Å². The first-order chi connectivity index (χ1) is 5.61. The molecule has 0 saturated carbocycles. The summed E-state index contributed by atoms with van der Waals surface area (Å²) in [6.07, 6.45) is -0.581. The zero-order valence-corrected chi connectivity index (χ0v) is 7.24. The molecule has 13 heavy (non-hydrogen) atoms. The molecule has 1 amide bonds. The first-order valence-corrected chi connectivity index (χ1v) is 3.75. The fourth-order valence-electron chi connectivity index (χ4n) is 0.697. The van der Waals surface area contributed by atoms with Crippen LogP contribution in [0, 0.1) is 0 Å². The van der Waals surface area contributed by atoms with Gasteiger partial charge < -0.3 is 14.7 Å². The Bertz CT molecular complexity index is 170. The van der Waals surface area contributed by atoms with Crippen LogP contribution in [0.15, 0.2) is 0 Å². The summed E-state index contributed by atoms with van der Waals surface area (Å²) in [5, 5.41) is 8.19. The van der Waals surface area contributed by atoms with Crippen LogP contribution in [-0.4, -0.2) is 71.3 Å². The van der Waals surface area contributed by atoms with E-state index in [2.05, 4.69) is 4.74 Å². The molecule has 0 aliphatic rings. The predicted octanol–water partition coefficient (Wildman–Crippen LogP) is -0.0991. The zero-order valence-electron chi connectivity index (χ0n) is 7.24. The number of ether oxygens (including phenoxy) is 1. The average Bonchev–Trinajstić information content (AvgIpc) is 2.03. The molecule has 72 valence electrons. The number of amides is 1. The van der Waals surface area contributed by atoms with Crippen molar-refractivity contribution in [2.45, 2.75) is 13.8 Å². The van der Waals surface area contributed by atoms with Crippen LogP contribution in [0.5, 0.6) is 0 Å². The van der Waals surface area contributed by atoms with Crippen molar-refractivity contribution in [2.24, 2.45) is 0 Å². The number of aliphatic carboxylic acids is 1. The van der Waals surface area contributed by atoms with E-state index in [4.69, 9.17) is 5.11 Å². The topological polar surface area (TPSA) is 66.8 Å². The van der Waals surface area contributed by atoms with E-state index in [1.807, 2.05) is 0 Å². The molecule has 0 bridgehead atoms. The average molecular weight is 199 g/mol. The summed E-state index contributed by atoms with van der Waals surface area (Å²) in [7, 11) is 0. The van der Waals surface area contributed by atoms with Crippen LogP contribution in [0.2, 0.25) is 0 Å². The van der Waals surface area contributed by atoms with Gasteiger partial charge in [-0.2, -0.15) is 0 Å². The maximum absolute atomic E-state index is 11.0. The first kappa shape index (κ1) is 15.2. The molecule has 0 spiro atoms. The first-order valence-electron chi connectivity index (χ1n) is 3.75. The summed E-state index contributed by atoms with van der Waals surface area (Å²) in [5.74, 6) is -1.14. The quantitative estimate of drug-likeness (QED) is 0.642. The molecule has 0 saturated heterocycles. The molecular weight excluding hydrogens is 185 g/mol. The second kappa shape index (κ2) is 8.34. The predicted molar refractivity (Wildman–Crippen MR) is 49.1 cm³/mol. The molecule has 0 aliphatic carbocycles. The minimum atomic E-state index is -1.14. The van der Waals surface area contributed by atoms with Gasteiger partial charge in [-0.15, -0.1) is 0 Å². The maximum atomic E-state index is 11.0. The summed E-state index contributed by atoms with van der Waals surface area (Å²) in [6, 6.07) is 0. The van der Waals surface area contributed by atoms with Gasteiger partial charge in [-0.25, -0.2) is 9.59 Å².